The molecule has 3 nitrogen and oxygen atoms in total. The Bertz CT molecular complexity index is 276. The lowest BCUT2D eigenvalue weighted by Gasteiger charge is -2.16. The maximum atomic E-state index is 11.8. The van der Waals surface area contributed by atoms with Gasteiger partial charge in [-0.3, -0.25) is 0 Å². The predicted octanol–water partition coefficient (Wildman–Crippen LogP) is 8.20. The van der Waals surface area contributed by atoms with E-state index in [2.05, 4.69) is 13.8 Å². The molecule has 2 atom stereocenters. The van der Waals surface area contributed by atoms with Crippen LogP contribution in [0.1, 0.15) is 130 Å². The molecule has 0 amide bonds. The second-order valence-electron chi connectivity index (χ2n) is 7.93. The van der Waals surface area contributed by atoms with Crippen LogP contribution in [0.25, 0.3) is 0 Å². The van der Waals surface area contributed by atoms with Crippen LogP contribution in [0.3, 0.4) is 0 Å². The number of hydrogen-bond acceptors (Lipinski definition) is 3. The van der Waals surface area contributed by atoms with Crippen LogP contribution in [0.2, 0.25) is 0 Å². The zero-order chi connectivity index (χ0) is 19.5. The van der Waals surface area contributed by atoms with Crippen molar-refractivity contribution in [2.45, 2.75) is 143 Å². The van der Waals surface area contributed by atoms with Gasteiger partial charge in [0.15, 0.2) is 0 Å². The first-order chi connectivity index (χ1) is 12.6. The molecule has 0 radical (unpaired) electrons. The molecule has 3 heteroatoms. The van der Waals surface area contributed by atoms with Crippen LogP contribution in [0, 0.1) is 0 Å². The minimum atomic E-state index is -0.490. The van der Waals surface area contributed by atoms with E-state index in [1.54, 1.807) is 0 Å². The van der Waals surface area contributed by atoms with Crippen molar-refractivity contribution in [1.29, 1.82) is 0 Å². The fraction of sp³-hybridized carbons (Fsp3) is 0.957. The fourth-order valence-electron chi connectivity index (χ4n) is 3.25. The number of unbranched alkanes of at least 4 members (excludes halogenated alkanes) is 12. The Morgan fingerprint density at radius 2 is 0.885 bits per heavy atom. The molecule has 0 spiro atoms. The minimum absolute atomic E-state index is 0.0380. The lowest BCUT2D eigenvalue weighted by Crippen LogP contribution is -2.20. The van der Waals surface area contributed by atoms with Crippen LogP contribution in [-0.4, -0.2) is 18.4 Å². The Hall–Kier alpha value is -0.730. The summed E-state index contributed by atoms with van der Waals surface area (Å²) in [6.45, 7) is 8.43. The molecule has 0 aromatic heterocycles. The molecule has 0 saturated heterocycles. The number of ether oxygens (including phenoxy) is 2. The molecule has 0 rings (SSSR count). The highest BCUT2D eigenvalue weighted by atomic mass is 16.7. The van der Waals surface area contributed by atoms with Crippen LogP contribution in [-0.2, 0) is 9.47 Å². The van der Waals surface area contributed by atoms with Gasteiger partial charge >= 0.3 is 6.16 Å². The monoisotopic (exact) mass is 370 g/mol. The Morgan fingerprint density at radius 1 is 0.577 bits per heavy atom. The van der Waals surface area contributed by atoms with Crippen molar-refractivity contribution in [1.82, 2.24) is 0 Å². The van der Waals surface area contributed by atoms with Crippen molar-refractivity contribution in [3.05, 3.63) is 0 Å². The Kier molecular flexibility index (Phi) is 18.5. The number of hydrogen-bond donors (Lipinski definition) is 0. The topological polar surface area (TPSA) is 35.5 Å². The summed E-state index contributed by atoms with van der Waals surface area (Å²) in [7, 11) is 0. The first-order valence-electron chi connectivity index (χ1n) is 11.5. The van der Waals surface area contributed by atoms with Crippen molar-refractivity contribution < 1.29 is 14.3 Å². The maximum Gasteiger partial charge on any atom is 0.508 e. The van der Waals surface area contributed by atoms with Crippen molar-refractivity contribution in [3.8, 4) is 0 Å². The van der Waals surface area contributed by atoms with Crippen molar-refractivity contribution in [2.75, 3.05) is 0 Å². The average molecular weight is 371 g/mol. The SMILES string of the molecule is CCCCCCCCCC(C)OC(=O)OC(C)CCCCCCCCC. The van der Waals surface area contributed by atoms with Gasteiger partial charge < -0.3 is 9.47 Å². The quantitative estimate of drug-likeness (QED) is 0.180. The summed E-state index contributed by atoms with van der Waals surface area (Å²) in [4.78, 5) is 11.8. The van der Waals surface area contributed by atoms with Crippen molar-refractivity contribution in [3.63, 3.8) is 0 Å². The van der Waals surface area contributed by atoms with E-state index in [1.807, 2.05) is 13.8 Å². The Labute approximate surface area is 163 Å². The standard InChI is InChI=1S/C23H46O3/c1-5-7-9-11-13-15-17-19-21(3)25-23(24)26-22(4)20-18-16-14-12-10-8-6-2/h21-22H,5-20H2,1-4H3. The van der Waals surface area contributed by atoms with Crippen molar-refractivity contribution >= 4 is 6.16 Å². The Morgan fingerprint density at radius 3 is 1.23 bits per heavy atom. The number of carbonyl (C=O) groups is 1. The highest BCUT2D eigenvalue weighted by Crippen LogP contribution is 2.14. The molecule has 0 aromatic carbocycles. The van der Waals surface area contributed by atoms with Gasteiger partial charge in [0, 0.05) is 0 Å². The van der Waals surface area contributed by atoms with Gasteiger partial charge in [0.2, 0.25) is 0 Å². The second kappa shape index (κ2) is 19.0. The van der Waals surface area contributed by atoms with Gasteiger partial charge in [-0.1, -0.05) is 90.9 Å². The molecule has 0 bridgehead atoms. The fourth-order valence-corrected chi connectivity index (χ4v) is 3.25. The van der Waals surface area contributed by atoms with E-state index >= 15 is 0 Å². The molecular formula is C23H46O3. The van der Waals surface area contributed by atoms with Gasteiger partial charge in [-0.2, -0.15) is 0 Å². The largest absolute Gasteiger partial charge is 0.508 e. The lowest BCUT2D eigenvalue weighted by molar-refractivity contribution is 0.00264. The van der Waals surface area contributed by atoms with E-state index < -0.39 is 6.16 Å². The van der Waals surface area contributed by atoms with Gasteiger partial charge in [0.05, 0.1) is 0 Å². The predicted molar refractivity (Wildman–Crippen MR) is 112 cm³/mol. The van der Waals surface area contributed by atoms with Gasteiger partial charge in [-0.15, -0.1) is 0 Å². The van der Waals surface area contributed by atoms with Crippen LogP contribution in [0.4, 0.5) is 4.79 Å². The molecule has 0 N–H and O–H groups in total. The number of carbonyl (C=O) groups excluding carboxylic acids is 1. The summed E-state index contributed by atoms with van der Waals surface area (Å²) in [6.07, 6.45) is 19.3. The van der Waals surface area contributed by atoms with Gasteiger partial charge in [-0.25, -0.2) is 4.79 Å². The van der Waals surface area contributed by atoms with Gasteiger partial charge in [-0.05, 0) is 39.5 Å². The molecule has 26 heavy (non-hydrogen) atoms. The zero-order valence-corrected chi connectivity index (χ0v) is 18.2. The molecular weight excluding hydrogens is 324 g/mol. The van der Waals surface area contributed by atoms with Gasteiger partial charge in [0.1, 0.15) is 12.2 Å². The van der Waals surface area contributed by atoms with Crippen LogP contribution in [0.15, 0.2) is 0 Å². The normalized spacial score (nSPS) is 13.4. The molecule has 2 unspecified atom stereocenters. The van der Waals surface area contributed by atoms with Crippen LogP contribution < -0.4 is 0 Å². The molecule has 0 aliphatic carbocycles. The second-order valence-corrected chi connectivity index (χ2v) is 7.93. The molecule has 0 aliphatic rings. The first-order valence-corrected chi connectivity index (χ1v) is 11.5. The van der Waals surface area contributed by atoms with E-state index in [9.17, 15) is 4.79 Å². The smallest absolute Gasteiger partial charge is 0.431 e. The highest BCUT2D eigenvalue weighted by molar-refractivity contribution is 5.60. The maximum absolute atomic E-state index is 11.8. The first kappa shape index (κ1) is 25.3. The molecule has 156 valence electrons. The van der Waals surface area contributed by atoms with E-state index in [0.29, 0.717) is 0 Å². The molecule has 0 aromatic rings. The average Bonchev–Trinajstić information content (AvgIpc) is 2.60. The summed E-state index contributed by atoms with van der Waals surface area (Å²) >= 11 is 0. The summed E-state index contributed by atoms with van der Waals surface area (Å²) in [5.74, 6) is 0. The van der Waals surface area contributed by atoms with Crippen LogP contribution in [0.5, 0.6) is 0 Å². The third-order valence-electron chi connectivity index (χ3n) is 5.02. The van der Waals surface area contributed by atoms with Crippen LogP contribution >= 0.6 is 0 Å². The highest BCUT2D eigenvalue weighted by Gasteiger charge is 2.14. The minimum Gasteiger partial charge on any atom is -0.431 e. The summed E-state index contributed by atoms with van der Waals surface area (Å²) in [5, 5.41) is 0. The summed E-state index contributed by atoms with van der Waals surface area (Å²) in [6, 6.07) is 0. The van der Waals surface area contributed by atoms with E-state index in [0.717, 1.165) is 25.7 Å². The van der Waals surface area contributed by atoms with E-state index in [-0.39, 0.29) is 12.2 Å². The molecule has 0 saturated carbocycles. The third kappa shape index (κ3) is 18.1. The Balaban J connectivity index is 3.51. The summed E-state index contributed by atoms with van der Waals surface area (Å²) in [5.41, 5.74) is 0. The van der Waals surface area contributed by atoms with E-state index in [4.69, 9.17) is 9.47 Å². The van der Waals surface area contributed by atoms with Crippen molar-refractivity contribution in [2.24, 2.45) is 0 Å². The summed E-state index contributed by atoms with van der Waals surface area (Å²) < 4.78 is 10.8. The molecule has 0 fully saturated rings. The molecule has 0 aliphatic heterocycles. The number of rotatable bonds is 18. The van der Waals surface area contributed by atoms with Gasteiger partial charge in [0.25, 0.3) is 0 Å². The molecule has 0 heterocycles. The lowest BCUT2D eigenvalue weighted by atomic mass is 10.1. The third-order valence-corrected chi connectivity index (χ3v) is 5.02. The van der Waals surface area contributed by atoms with E-state index in [1.165, 1.54) is 77.0 Å². The zero-order valence-electron chi connectivity index (χ0n) is 18.2.